The van der Waals surface area contributed by atoms with Gasteiger partial charge in [-0.25, -0.2) is 4.39 Å². The highest BCUT2D eigenvalue weighted by Crippen LogP contribution is 2.35. The van der Waals surface area contributed by atoms with Crippen LogP contribution < -0.4 is 5.73 Å². The minimum absolute atomic E-state index is 0.206. The molecule has 0 aliphatic carbocycles. The van der Waals surface area contributed by atoms with Gasteiger partial charge in [-0.15, -0.1) is 0 Å². The number of hydrogen-bond donors (Lipinski definition) is 1. The highest BCUT2D eigenvalue weighted by Gasteiger charge is 2.34. The molecule has 1 heterocycles. The predicted octanol–water partition coefficient (Wildman–Crippen LogP) is 2.20. The van der Waals surface area contributed by atoms with E-state index in [1.807, 2.05) is 6.92 Å². The molecule has 0 radical (unpaired) electrons. The number of ether oxygens (including phenoxy) is 1. The lowest BCUT2D eigenvalue weighted by Gasteiger charge is -2.41. The quantitative estimate of drug-likeness (QED) is 0.917. The lowest BCUT2D eigenvalue weighted by Crippen LogP contribution is -2.48. The van der Waals surface area contributed by atoms with Gasteiger partial charge in [0.1, 0.15) is 5.82 Å². The summed E-state index contributed by atoms with van der Waals surface area (Å²) in [4.78, 5) is 2.16. The Kier molecular flexibility index (Phi) is 4.56. The number of rotatable bonds is 3. The lowest BCUT2D eigenvalue weighted by atomic mass is 9.97. The molecule has 1 saturated heterocycles. The molecule has 0 spiro atoms. The van der Waals surface area contributed by atoms with Gasteiger partial charge in [-0.2, -0.15) is 0 Å². The van der Waals surface area contributed by atoms with Crippen LogP contribution in [0.15, 0.2) is 18.2 Å². The maximum absolute atomic E-state index is 14.0. The van der Waals surface area contributed by atoms with Crippen molar-refractivity contribution >= 4 is 11.6 Å². The Bertz CT molecular complexity index is 384. The monoisotopic (exact) mass is 272 g/mol. The van der Waals surface area contributed by atoms with Crippen LogP contribution in [-0.4, -0.2) is 37.2 Å². The molecule has 0 bridgehead atoms. The van der Waals surface area contributed by atoms with Crippen molar-refractivity contribution in [1.29, 1.82) is 0 Å². The number of hydrogen-bond acceptors (Lipinski definition) is 3. The molecule has 1 aliphatic heterocycles. The van der Waals surface area contributed by atoms with Crippen LogP contribution in [0, 0.1) is 5.82 Å². The van der Waals surface area contributed by atoms with Gasteiger partial charge in [0, 0.05) is 23.7 Å². The third-order valence-corrected chi connectivity index (χ3v) is 3.72. The number of nitrogens with two attached hydrogens (primary N) is 1. The maximum Gasteiger partial charge on any atom is 0.129 e. The molecule has 0 amide bonds. The first-order chi connectivity index (χ1) is 8.69. The van der Waals surface area contributed by atoms with Crippen LogP contribution in [0.25, 0.3) is 0 Å². The molecule has 0 saturated carbocycles. The van der Waals surface area contributed by atoms with Crippen molar-refractivity contribution in [2.24, 2.45) is 5.73 Å². The highest BCUT2D eigenvalue weighted by atomic mass is 35.5. The van der Waals surface area contributed by atoms with Crippen LogP contribution >= 0.6 is 11.6 Å². The molecule has 1 aliphatic rings. The minimum atomic E-state index is -0.296. The first kappa shape index (κ1) is 13.7. The van der Waals surface area contributed by atoms with E-state index < -0.39 is 0 Å². The van der Waals surface area contributed by atoms with Crippen molar-refractivity contribution in [3.8, 4) is 0 Å². The zero-order chi connectivity index (χ0) is 13.1. The molecule has 3 nitrogen and oxygen atoms in total. The molecule has 2 atom stereocenters. The fourth-order valence-electron chi connectivity index (χ4n) is 2.50. The van der Waals surface area contributed by atoms with Crippen LogP contribution in [0.2, 0.25) is 5.02 Å². The van der Waals surface area contributed by atoms with Crippen molar-refractivity contribution < 1.29 is 9.13 Å². The second kappa shape index (κ2) is 5.97. The number of morpholine rings is 1. The lowest BCUT2D eigenvalue weighted by molar-refractivity contribution is -0.0668. The first-order valence-corrected chi connectivity index (χ1v) is 6.56. The highest BCUT2D eigenvalue weighted by molar-refractivity contribution is 6.31. The van der Waals surface area contributed by atoms with Gasteiger partial charge in [0.15, 0.2) is 0 Å². The van der Waals surface area contributed by atoms with E-state index in [0.717, 1.165) is 13.1 Å². The Morgan fingerprint density at radius 3 is 2.94 bits per heavy atom. The van der Waals surface area contributed by atoms with E-state index >= 15 is 0 Å². The van der Waals surface area contributed by atoms with Gasteiger partial charge in [0.2, 0.25) is 0 Å². The van der Waals surface area contributed by atoms with Crippen LogP contribution in [0.4, 0.5) is 4.39 Å². The fraction of sp³-hybridized carbons (Fsp3) is 0.538. The largest absolute Gasteiger partial charge is 0.374 e. The zero-order valence-electron chi connectivity index (χ0n) is 10.4. The third-order valence-electron chi connectivity index (χ3n) is 3.39. The predicted molar refractivity (Wildman–Crippen MR) is 70.2 cm³/mol. The third kappa shape index (κ3) is 2.52. The molecule has 5 heteroatoms. The van der Waals surface area contributed by atoms with Crippen molar-refractivity contribution in [3.05, 3.63) is 34.6 Å². The molecule has 18 heavy (non-hydrogen) atoms. The van der Waals surface area contributed by atoms with Crippen molar-refractivity contribution in [3.63, 3.8) is 0 Å². The van der Waals surface area contributed by atoms with Gasteiger partial charge < -0.3 is 10.5 Å². The fourth-order valence-corrected chi connectivity index (χ4v) is 2.77. The average Bonchev–Trinajstić information content (AvgIpc) is 2.38. The second-order valence-corrected chi connectivity index (χ2v) is 4.76. The second-order valence-electron chi connectivity index (χ2n) is 4.35. The Balaban J connectivity index is 2.42. The van der Waals surface area contributed by atoms with Gasteiger partial charge in [0.05, 0.1) is 18.8 Å². The molecular formula is C13H18ClFN2O. The molecule has 1 aromatic rings. The SMILES string of the molecule is CCN1CCOC(CN)C1c1c(F)cccc1Cl. The summed E-state index contributed by atoms with van der Waals surface area (Å²) in [5.74, 6) is -0.296. The molecule has 2 unspecified atom stereocenters. The summed E-state index contributed by atoms with van der Waals surface area (Å²) in [6.07, 6.45) is -0.215. The zero-order valence-corrected chi connectivity index (χ0v) is 11.2. The summed E-state index contributed by atoms with van der Waals surface area (Å²) in [5, 5.41) is 0.433. The van der Waals surface area contributed by atoms with Crippen LogP contribution in [-0.2, 0) is 4.74 Å². The molecule has 2 N–H and O–H groups in total. The normalized spacial score (nSPS) is 25.3. The van der Waals surface area contributed by atoms with Crippen LogP contribution in [0.5, 0.6) is 0 Å². The van der Waals surface area contributed by atoms with Gasteiger partial charge in [-0.1, -0.05) is 24.6 Å². The van der Waals surface area contributed by atoms with Crippen molar-refractivity contribution in [1.82, 2.24) is 4.90 Å². The topological polar surface area (TPSA) is 38.5 Å². The minimum Gasteiger partial charge on any atom is -0.374 e. The number of likely N-dealkylation sites (N-methyl/N-ethyl adjacent to an activating group) is 1. The van der Waals surface area contributed by atoms with Gasteiger partial charge >= 0.3 is 0 Å². The molecular weight excluding hydrogens is 255 g/mol. The summed E-state index contributed by atoms with van der Waals surface area (Å²) >= 11 is 6.14. The van der Waals surface area contributed by atoms with Crippen LogP contribution in [0.1, 0.15) is 18.5 Å². The van der Waals surface area contributed by atoms with Gasteiger partial charge in [-0.3, -0.25) is 4.90 Å². The van der Waals surface area contributed by atoms with E-state index in [9.17, 15) is 4.39 Å². The average molecular weight is 273 g/mol. The van der Waals surface area contributed by atoms with E-state index in [0.29, 0.717) is 23.7 Å². The number of benzene rings is 1. The maximum atomic E-state index is 14.0. The molecule has 0 aromatic heterocycles. The van der Waals surface area contributed by atoms with E-state index in [-0.39, 0.29) is 18.0 Å². The summed E-state index contributed by atoms with van der Waals surface area (Å²) in [6, 6.07) is 4.54. The van der Waals surface area contributed by atoms with E-state index in [4.69, 9.17) is 22.1 Å². The van der Waals surface area contributed by atoms with Crippen molar-refractivity contribution in [2.45, 2.75) is 19.1 Å². The molecule has 100 valence electrons. The summed E-state index contributed by atoms with van der Waals surface area (Å²) in [6.45, 7) is 4.60. The van der Waals surface area contributed by atoms with E-state index in [2.05, 4.69) is 4.90 Å². The van der Waals surface area contributed by atoms with Crippen molar-refractivity contribution in [2.75, 3.05) is 26.2 Å². The van der Waals surface area contributed by atoms with Gasteiger partial charge in [-0.05, 0) is 18.7 Å². The number of halogens is 2. The van der Waals surface area contributed by atoms with E-state index in [1.165, 1.54) is 6.07 Å². The Morgan fingerprint density at radius 1 is 1.56 bits per heavy atom. The summed E-state index contributed by atoms with van der Waals surface area (Å²) in [7, 11) is 0. The first-order valence-electron chi connectivity index (χ1n) is 6.18. The standard InChI is InChI=1S/C13H18ClFN2O/c1-2-17-6-7-18-11(8-16)13(17)12-9(14)4-3-5-10(12)15/h3-5,11,13H,2,6-8,16H2,1H3. The molecule has 1 fully saturated rings. The van der Waals surface area contributed by atoms with Gasteiger partial charge in [0.25, 0.3) is 0 Å². The smallest absolute Gasteiger partial charge is 0.129 e. The molecule has 2 rings (SSSR count). The molecule has 1 aromatic carbocycles. The number of nitrogens with zero attached hydrogens (tertiary/aromatic N) is 1. The Morgan fingerprint density at radius 2 is 2.33 bits per heavy atom. The summed E-state index contributed by atoms with van der Waals surface area (Å²) in [5.41, 5.74) is 6.23. The Hall–Kier alpha value is -0.680. The van der Waals surface area contributed by atoms with E-state index in [1.54, 1.807) is 12.1 Å². The Labute approximate surface area is 112 Å². The van der Waals surface area contributed by atoms with Crippen LogP contribution in [0.3, 0.4) is 0 Å². The summed E-state index contributed by atoms with van der Waals surface area (Å²) < 4.78 is 19.7.